The van der Waals surface area contributed by atoms with Crippen molar-refractivity contribution < 1.29 is 26.7 Å². The van der Waals surface area contributed by atoms with Crippen LogP contribution >= 0.6 is 0 Å². The lowest BCUT2D eigenvalue weighted by Gasteiger charge is -2.26. The first kappa shape index (κ1) is 20.5. The maximum Gasteiger partial charge on any atom is 0.433 e. The van der Waals surface area contributed by atoms with Crippen molar-refractivity contribution in [3.05, 3.63) is 45.9 Å². The topological polar surface area (TPSA) is 73.0 Å². The average molecular weight is 431 g/mol. The Bertz CT molecular complexity index is 990. The van der Waals surface area contributed by atoms with Crippen LogP contribution in [0.15, 0.2) is 23.1 Å². The Balaban J connectivity index is 1.57. The molecule has 2 aliphatic heterocycles. The minimum absolute atomic E-state index is 0.117. The van der Waals surface area contributed by atoms with E-state index in [1.807, 2.05) is 0 Å². The van der Waals surface area contributed by atoms with Gasteiger partial charge in [-0.25, -0.2) is 18.3 Å². The molecule has 1 fully saturated rings. The van der Waals surface area contributed by atoms with Gasteiger partial charge in [-0.15, -0.1) is 0 Å². The van der Waals surface area contributed by atoms with Crippen LogP contribution in [0.4, 0.5) is 22.0 Å². The molecular weight excluding hydrogens is 413 g/mol. The summed E-state index contributed by atoms with van der Waals surface area (Å²) in [5.74, 6) is -0.172. The summed E-state index contributed by atoms with van der Waals surface area (Å²) in [5, 5.41) is 4.20. The SMILES string of the molecule is O=C([C@@H]1CCCc2nn(Cc3ccc(C(F)(F)F)nc3)c(=O)n21)N1C[C@H](F)[C@@H](F)C1. The van der Waals surface area contributed by atoms with Gasteiger partial charge in [0, 0.05) is 12.6 Å². The molecule has 2 aromatic heterocycles. The molecule has 2 aliphatic rings. The van der Waals surface area contributed by atoms with Crippen LogP contribution in [0.3, 0.4) is 0 Å². The Kier molecular flexibility index (Phi) is 5.10. The lowest BCUT2D eigenvalue weighted by molar-refractivity contribution is -0.141. The number of pyridine rings is 1. The molecule has 1 amide bonds. The maximum atomic E-state index is 13.5. The van der Waals surface area contributed by atoms with Gasteiger partial charge in [-0.3, -0.25) is 14.3 Å². The molecule has 12 heteroatoms. The number of fused-ring (bicyclic) bond motifs is 1. The second kappa shape index (κ2) is 7.47. The molecule has 2 aromatic rings. The summed E-state index contributed by atoms with van der Waals surface area (Å²) < 4.78 is 67.2. The van der Waals surface area contributed by atoms with E-state index in [-0.39, 0.29) is 19.6 Å². The van der Waals surface area contributed by atoms with Crippen molar-refractivity contribution in [3.8, 4) is 0 Å². The molecule has 0 aromatic carbocycles. The number of halogens is 5. The van der Waals surface area contributed by atoms with Gasteiger partial charge in [-0.1, -0.05) is 6.07 Å². The van der Waals surface area contributed by atoms with E-state index >= 15 is 0 Å². The van der Waals surface area contributed by atoms with Crippen LogP contribution in [0.1, 0.15) is 36.0 Å². The predicted octanol–water partition coefficient (Wildman–Crippen LogP) is 1.90. The Labute approximate surface area is 167 Å². The lowest BCUT2D eigenvalue weighted by Crippen LogP contribution is -2.42. The number of rotatable bonds is 3. The van der Waals surface area contributed by atoms with Gasteiger partial charge in [0.25, 0.3) is 0 Å². The molecule has 0 radical (unpaired) electrons. The molecule has 7 nitrogen and oxygen atoms in total. The lowest BCUT2D eigenvalue weighted by atomic mass is 10.0. The molecule has 0 unspecified atom stereocenters. The van der Waals surface area contributed by atoms with E-state index < -0.39 is 41.9 Å². The van der Waals surface area contributed by atoms with Gasteiger partial charge in [0.05, 0.1) is 19.6 Å². The smallest absolute Gasteiger partial charge is 0.335 e. The number of alkyl halides is 5. The van der Waals surface area contributed by atoms with Crippen LogP contribution in [0.5, 0.6) is 0 Å². The normalized spacial score (nSPS) is 24.2. The van der Waals surface area contributed by atoms with Gasteiger partial charge < -0.3 is 4.90 Å². The fraction of sp³-hybridized carbons (Fsp3) is 0.556. The number of aromatic nitrogens is 4. The molecule has 162 valence electrons. The first-order chi connectivity index (χ1) is 14.1. The first-order valence-corrected chi connectivity index (χ1v) is 9.42. The molecule has 0 bridgehead atoms. The van der Waals surface area contributed by atoms with E-state index in [0.29, 0.717) is 30.7 Å². The van der Waals surface area contributed by atoms with Crippen molar-refractivity contribution in [2.45, 2.75) is 50.4 Å². The van der Waals surface area contributed by atoms with Crippen molar-refractivity contribution >= 4 is 5.91 Å². The number of aryl methyl sites for hydroxylation is 1. The molecule has 30 heavy (non-hydrogen) atoms. The third-order valence-electron chi connectivity index (χ3n) is 5.36. The van der Waals surface area contributed by atoms with Gasteiger partial charge in [0.1, 0.15) is 17.6 Å². The largest absolute Gasteiger partial charge is 0.433 e. The Morgan fingerprint density at radius 3 is 2.47 bits per heavy atom. The van der Waals surface area contributed by atoms with E-state index in [1.54, 1.807) is 0 Å². The summed E-state index contributed by atoms with van der Waals surface area (Å²) in [5.41, 5.74) is -1.31. The van der Waals surface area contributed by atoms with Gasteiger partial charge >= 0.3 is 11.9 Å². The molecule has 0 aliphatic carbocycles. The van der Waals surface area contributed by atoms with Gasteiger partial charge in [-0.2, -0.15) is 18.3 Å². The average Bonchev–Trinajstić information content (AvgIpc) is 3.20. The van der Waals surface area contributed by atoms with E-state index in [9.17, 15) is 31.5 Å². The number of amides is 1. The highest BCUT2D eigenvalue weighted by atomic mass is 19.4. The van der Waals surface area contributed by atoms with Crippen LogP contribution < -0.4 is 5.69 Å². The number of hydrogen-bond donors (Lipinski definition) is 0. The number of likely N-dealkylation sites (tertiary alicyclic amines) is 1. The minimum atomic E-state index is -4.57. The van der Waals surface area contributed by atoms with Crippen LogP contribution in [-0.4, -0.2) is 55.6 Å². The highest BCUT2D eigenvalue weighted by Crippen LogP contribution is 2.28. The Hall–Kier alpha value is -2.79. The fourth-order valence-corrected chi connectivity index (χ4v) is 3.84. The first-order valence-electron chi connectivity index (χ1n) is 9.42. The zero-order valence-electron chi connectivity index (χ0n) is 15.6. The summed E-state index contributed by atoms with van der Waals surface area (Å²) >= 11 is 0. The minimum Gasteiger partial charge on any atom is -0.335 e. The number of nitrogens with zero attached hydrogens (tertiary/aromatic N) is 5. The predicted molar refractivity (Wildman–Crippen MR) is 93.2 cm³/mol. The van der Waals surface area contributed by atoms with Crippen molar-refractivity contribution in [1.29, 1.82) is 0 Å². The highest BCUT2D eigenvalue weighted by Gasteiger charge is 2.40. The molecule has 0 saturated carbocycles. The second-order valence-electron chi connectivity index (χ2n) is 7.46. The monoisotopic (exact) mass is 431 g/mol. The Morgan fingerprint density at radius 1 is 1.17 bits per heavy atom. The van der Waals surface area contributed by atoms with Crippen LogP contribution in [0.25, 0.3) is 0 Å². The highest BCUT2D eigenvalue weighted by molar-refractivity contribution is 5.81. The molecule has 1 saturated heterocycles. The number of carbonyl (C=O) groups is 1. The molecule has 4 heterocycles. The second-order valence-corrected chi connectivity index (χ2v) is 7.46. The molecule has 3 atom stereocenters. The summed E-state index contributed by atoms with van der Waals surface area (Å²) in [4.78, 5) is 30.1. The van der Waals surface area contributed by atoms with Crippen molar-refractivity contribution in [3.63, 3.8) is 0 Å². The molecule has 4 rings (SSSR count). The van der Waals surface area contributed by atoms with Crippen LogP contribution in [-0.2, 0) is 23.9 Å². The van der Waals surface area contributed by atoms with Crippen molar-refractivity contribution in [2.75, 3.05) is 13.1 Å². The zero-order valence-corrected chi connectivity index (χ0v) is 15.6. The summed E-state index contributed by atoms with van der Waals surface area (Å²) in [6.07, 6.45) is -5.70. The standard InChI is InChI=1S/C18H18F5N5O2/c19-11-8-26(9-12(11)20)16(29)13-2-1-3-15-25-27(17(30)28(13)15)7-10-4-5-14(24-6-10)18(21,22)23/h4-6,11-13H,1-3,7-9H2/t11-,12-,13-/m0/s1. The van der Waals surface area contributed by atoms with E-state index in [1.165, 1.54) is 10.6 Å². The van der Waals surface area contributed by atoms with Crippen LogP contribution in [0.2, 0.25) is 0 Å². The third kappa shape index (κ3) is 3.70. The van der Waals surface area contributed by atoms with Crippen molar-refractivity contribution in [2.24, 2.45) is 0 Å². The summed E-state index contributed by atoms with van der Waals surface area (Å²) in [6, 6.07) is 1.12. The molecule has 0 spiro atoms. The summed E-state index contributed by atoms with van der Waals surface area (Å²) in [6.45, 7) is -0.828. The fourth-order valence-electron chi connectivity index (χ4n) is 3.84. The van der Waals surface area contributed by atoms with Crippen LogP contribution in [0, 0.1) is 0 Å². The van der Waals surface area contributed by atoms with Gasteiger partial charge in [0.15, 0.2) is 12.3 Å². The molecular formula is C18H18F5N5O2. The van der Waals surface area contributed by atoms with E-state index in [2.05, 4.69) is 10.1 Å². The van der Waals surface area contributed by atoms with Gasteiger partial charge in [-0.05, 0) is 24.5 Å². The third-order valence-corrected chi connectivity index (χ3v) is 5.36. The van der Waals surface area contributed by atoms with Gasteiger partial charge in [0.2, 0.25) is 5.91 Å². The Morgan fingerprint density at radius 2 is 1.87 bits per heavy atom. The maximum absolute atomic E-state index is 13.5. The zero-order chi connectivity index (χ0) is 21.6. The molecule has 0 N–H and O–H groups in total. The number of carbonyl (C=O) groups excluding carboxylic acids is 1. The van der Waals surface area contributed by atoms with E-state index in [4.69, 9.17) is 0 Å². The van der Waals surface area contributed by atoms with E-state index in [0.717, 1.165) is 21.8 Å². The number of hydrogen-bond acceptors (Lipinski definition) is 4. The van der Waals surface area contributed by atoms with Crippen molar-refractivity contribution in [1.82, 2.24) is 24.2 Å². The quantitative estimate of drug-likeness (QED) is 0.696. The summed E-state index contributed by atoms with van der Waals surface area (Å²) in [7, 11) is 0.